The van der Waals surface area contributed by atoms with E-state index in [1.807, 2.05) is 36.4 Å². The number of hydrogen-bond acceptors (Lipinski definition) is 4. The van der Waals surface area contributed by atoms with E-state index in [9.17, 15) is 4.79 Å². The Morgan fingerprint density at radius 3 is 2.59 bits per heavy atom. The van der Waals surface area contributed by atoms with E-state index < -0.39 is 0 Å². The average molecular weight is 407 g/mol. The van der Waals surface area contributed by atoms with Crippen molar-refractivity contribution in [3.05, 3.63) is 66.0 Å². The maximum absolute atomic E-state index is 12.7. The third-order valence-corrected chi connectivity index (χ3v) is 6.25. The van der Waals surface area contributed by atoms with Gasteiger partial charge in [-0.15, -0.1) is 10.2 Å². The van der Waals surface area contributed by atoms with Crippen molar-refractivity contribution < 1.29 is 4.79 Å². The van der Waals surface area contributed by atoms with Crippen LogP contribution in [0.1, 0.15) is 56.3 Å². The number of nitrogens with one attached hydrogen (secondary N) is 1. The molecule has 0 spiro atoms. The molecule has 1 fully saturated rings. The summed E-state index contributed by atoms with van der Waals surface area (Å²) in [5.74, 6) is 2.15. The van der Waals surface area contributed by atoms with Crippen molar-refractivity contribution in [1.82, 2.24) is 14.8 Å². The van der Waals surface area contributed by atoms with Gasteiger partial charge in [-0.1, -0.05) is 62.0 Å². The fourth-order valence-electron chi connectivity index (χ4n) is 3.38. The molecule has 1 aliphatic carbocycles. The van der Waals surface area contributed by atoms with Crippen molar-refractivity contribution in [2.45, 2.75) is 50.1 Å². The van der Waals surface area contributed by atoms with Crippen molar-refractivity contribution in [2.24, 2.45) is 0 Å². The van der Waals surface area contributed by atoms with Gasteiger partial charge in [0.25, 0.3) is 0 Å². The second-order valence-corrected chi connectivity index (χ2v) is 8.46. The Kier molecular flexibility index (Phi) is 6.00. The molecule has 1 atom stereocenters. The van der Waals surface area contributed by atoms with Crippen LogP contribution in [0, 0.1) is 0 Å². The van der Waals surface area contributed by atoms with E-state index in [4.69, 9.17) is 0 Å². The minimum absolute atomic E-state index is 0.0265. The number of aromatic nitrogens is 3. The van der Waals surface area contributed by atoms with Gasteiger partial charge < -0.3 is 5.32 Å². The Balaban J connectivity index is 1.48. The lowest BCUT2D eigenvalue weighted by molar-refractivity contribution is -0.113. The molecule has 1 heterocycles. The van der Waals surface area contributed by atoms with Crippen LogP contribution >= 0.6 is 11.8 Å². The number of amides is 1. The molecule has 2 aromatic carbocycles. The average Bonchev–Trinajstić information content (AvgIpc) is 3.52. The van der Waals surface area contributed by atoms with Crippen LogP contribution in [0.25, 0.3) is 5.69 Å². The normalized spacial score (nSPS) is 14.6. The minimum Gasteiger partial charge on any atom is -0.325 e. The van der Waals surface area contributed by atoms with Crippen LogP contribution in [0.3, 0.4) is 0 Å². The van der Waals surface area contributed by atoms with E-state index in [0.717, 1.165) is 41.6 Å². The predicted octanol–water partition coefficient (Wildman–Crippen LogP) is 5.39. The van der Waals surface area contributed by atoms with Gasteiger partial charge in [0.1, 0.15) is 5.82 Å². The van der Waals surface area contributed by atoms with Crippen LogP contribution in [0.5, 0.6) is 0 Å². The molecule has 29 heavy (non-hydrogen) atoms. The molecule has 1 saturated carbocycles. The van der Waals surface area contributed by atoms with E-state index in [1.54, 1.807) is 0 Å². The Morgan fingerprint density at radius 1 is 1.14 bits per heavy atom. The molecule has 0 bridgehead atoms. The zero-order valence-electron chi connectivity index (χ0n) is 16.8. The number of thioether (sulfide) groups is 1. The summed E-state index contributed by atoms with van der Waals surface area (Å²) < 4.78 is 2.10. The smallest absolute Gasteiger partial charge is 0.234 e. The number of anilines is 1. The van der Waals surface area contributed by atoms with Gasteiger partial charge in [-0.05, 0) is 48.9 Å². The number of rotatable bonds is 8. The lowest BCUT2D eigenvalue weighted by atomic mass is 9.97. The van der Waals surface area contributed by atoms with Crippen LogP contribution in [-0.4, -0.2) is 26.4 Å². The number of hydrogen-bond donors (Lipinski definition) is 1. The van der Waals surface area contributed by atoms with Crippen LogP contribution in [-0.2, 0) is 4.79 Å². The highest BCUT2D eigenvalue weighted by atomic mass is 32.2. The third-order valence-electron chi connectivity index (χ3n) is 5.33. The molecule has 0 aliphatic heterocycles. The van der Waals surface area contributed by atoms with Crippen molar-refractivity contribution in [2.75, 3.05) is 11.1 Å². The second kappa shape index (κ2) is 8.82. The molecule has 0 unspecified atom stereocenters. The lowest BCUT2D eigenvalue weighted by Gasteiger charge is -2.15. The number of nitrogens with zero attached hydrogens (tertiary/aromatic N) is 3. The van der Waals surface area contributed by atoms with Crippen LogP contribution in [0.4, 0.5) is 5.69 Å². The van der Waals surface area contributed by atoms with Crippen LogP contribution in [0.2, 0.25) is 0 Å². The first-order valence-corrected chi connectivity index (χ1v) is 11.2. The molecule has 5 nitrogen and oxygen atoms in total. The monoisotopic (exact) mass is 406 g/mol. The summed E-state index contributed by atoms with van der Waals surface area (Å²) in [6, 6.07) is 18.2. The first-order valence-electron chi connectivity index (χ1n) is 10.2. The minimum atomic E-state index is -0.0265. The van der Waals surface area contributed by atoms with E-state index in [2.05, 4.69) is 52.1 Å². The second-order valence-electron chi connectivity index (χ2n) is 7.52. The Hall–Kier alpha value is -2.60. The summed E-state index contributed by atoms with van der Waals surface area (Å²) in [6.45, 7) is 4.34. The molecule has 3 aromatic rings. The van der Waals surface area contributed by atoms with Crippen LogP contribution < -0.4 is 5.32 Å². The van der Waals surface area contributed by atoms with Gasteiger partial charge in [-0.25, -0.2) is 0 Å². The van der Waals surface area contributed by atoms with Gasteiger partial charge >= 0.3 is 0 Å². The molecule has 6 heteroatoms. The molecular weight excluding hydrogens is 380 g/mol. The molecular formula is C23H26N4OS. The number of para-hydroxylation sites is 2. The van der Waals surface area contributed by atoms with Gasteiger partial charge in [0.05, 0.1) is 5.75 Å². The standard InChI is InChI=1S/C23H26N4OS/c1-3-16(2)19-11-7-8-12-20(19)24-21(28)15-29-23-26-25-22(17-13-14-17)27(23)18-9-5-4-6-10-18/h4-12,16-17H,3,13-15H2,1-2H3,(H,24,28)/t16-/m1/s1. The summed E-state index contributed by atoms with van der Waals surface area (Å²) in [4.78, 5) is 12.7. The number of carbonyl (C=O) groups excluding carboxylic acids is 1. The third kappa shape index (κ3) is 4.53. The zero-order valence-corrected chi connectivity index (χ0v) is 17.7. The molecule has 1 amide bonds. The highest BCUT2D eigenvalue weighted by Gasteiger charge is 2.31. The lowest BCUT2D eigenvalue weighted by Crippen LogP contribution is -2.16. The maximum atomic E-state index is 12.7. The molecule has 4 rings (SSSR count). The first-order chi connectivity index (χ1) is 14.2. The fraction of sp³-hybridized carbons (Fsp3) is 0.348. The van der Waals surface area contributed by atoms with Crippen LogP contribution in [0.15, 0.2) is 59.8 Å². The van der Waals surface area contributed by atoms with Crippen molar-refractivity contribution in [1.29, 1.82) is 0 Å². The number of benzene rings is 2. The fourth-order valence-corrected chi connectivity index (χ4v) is 4.14. The first kappa shape index (κ1) is 19.7. The zero-order chi connectivity index (χ0) is 20.2. The van der Waals surface area contributed by atoms with E-state index in [-0.39, 0.29) is 5.91 Å². The SMILES string of the molecule is CC[C@@H](C)c1ccccc1NC(=O)CSc1nnc(C2CC2)n1-c1ccccc1. The Morgan fingerprint density at radius 2 is 1.86 bits per heavy atom. The van der Waals surface area contributed by atoms with Crippen molar-refractivity contribution >= 4 is 23.4 Å². The summed E-state index contributed by atoms with van der Waals surface area (Å²) in [7, 11) is 0. The predicted molar refractivity (Wildman–Crippen MR) is 118 cm³/mol. The van der Waals surface area contributed by atoms with Gasteiger partial charge in [0.2, 0.25) is 5.91 Å². The van der Waals surface area contributed by atoms with Crippen molar-refractivity contribution in [3.63, 3.8) is 0 Å². The molecule has 150 valence electrons. The van der Waals surface area contributed by atoms with Gasteiger partial charge in [-0.3, -0.25) is 9.36 Å². The summed E-state index contributed by atoms with van der Waals surface area (Å²) in [6.07, 6.45) is 3.34. The molecule has 1 aromatic heterocycles. The van der Waals surface area contributed by atoms with Gasteiger partial charge in [0, 0.05) is 17.3 Å². The van der Waals surface area contributed by atoms with E-state index in [1.165, 1.54) is 17.3 Å². The topological polar surface area (TPSA) is 59.8 Å². The largest absolute Gasteiger partial charge is 0.325 e. The van der Waals surface area contributed by atoms with Gasteiger partial charge in [0.15, 0.2) is 5.16 Å². The Bertz CT molecular complexity index is 982. The van der Waals surface area contributed by atoms with Crippen molar-refractivity contribution in [3.8, 4) is 5.69 Å². The Labute approximate surface area is 175 Å². The summed E-state index contributed by atoms with van der Waals surface area (Å²) in [5, 5.41) is 12.7. The highest BCUT2D eigenvalue weighted by Crippen LogP contribution is 2.41. The maximum Gasteiger partial charge on any atom is 0.234 e. The molecule has 0 radical (unpaired) electrons. The number of carbonyl (C=O) groups is 1. The molecule has 0 saturated heterocycles. The molecule has 1 N–H and O–H groups in total. The van der Waals surface area contributed by atoms with E-state index >= 15 is 0 Å². The molecule has 1 aliphatic rings. The van der Waals surface area contributed by atoms with Gasteiger partial charge in [-0.2, -0.15) is 0 Å². The summed E-state index contributed by atoms with van der Waals surface area (Å²) in [5.41, 5.74) is 3.12. The van der Waals surface area contributed by atoms with E-state index in [0.29, 0.717) is 17.6 Å². The highest BCUT2D eigenvalue weighted by molar-refractivity contribution is 7.99. The quantitative estimate of drug-likeness (QED) is 0.510. The summed E-state index contributed by atoms with van der Waals surface area (Å²) >= 11 is 1.43.